The van der Waals surface area contributed by atoms with Gasteiger partial charge in [-0.25, -0.2) is 4.39 Å². The molecule has 0 radical (unpaired) electrons. The molecule has 0 spiro atoms. The Labute approximate surface area is 190 Å². The third-order valence-electron chi connectivity index (χ3n) is 6.51. The van der Waals surface area contributed by atoms with Crippen molar-refractivity contribution >= 4 is 11.8 Å². The summed E-state index contributed by atoms with van der Waals surface area (Å²) >= 11 is 0. The molecule has 2 fully saturated rings. The fraction of sp³-hybridized carbons (Fsp3) is 0.333. The van der Waals surface area contributed by atoms with Crippen LogP contribution in [0.3, 0.4) is 0 Å². The number of hydrogen-bond donors (Lipinski definition) is 3. The molecule has 2 aromatic carbocycles. The Bertz CT molecular complexity index is 1180. The van der Waals surface area contributed by atoms with E-state index in [1.54, 1.807) is 17.0 Å². The molecule has 5 N–H and O–H groups in total. The van der Waals surface area contributed by atoms with Gasteiger partial charge in [-0.2, -0.15) is 0 Å². The van der Waals surface area contributed by atoms with Gasteiger partial charge in [0.15, 0.2) is 0 Å². The van der Waals surface area contributed by atoms with Crippen LogP contribution in [-0.4, -0.2) is 63.9 Å². The van der Waals surface area contributed by atoms with E-state index in [-0.39, 0.29) is 17.4 Å². The van der Waals surface area contributed by atoms with Crippen LogP contribution in [-0.2, 0) is 0 Å². The highest BCUT2D eigenvalue weighted by atomic mass is 19.1. The predicted molar refractivity (Wildman–Crippen MR) is 121 cm³/mol. The van der Waals surface area contributed by atoms with Crippen LogP contribution >= 0.6 is 0 Å². The first-order valence-electron chi connectivity index (χ1n) is 11.0. The van der Waals surface area contributed by atoms with Crippen LogP contribution < -0.4 is 11.5 Å². The van der Waals surface area contributed by atoms with Gasteiger partial charge in [0.05, 0.1) is 11.1 Å². The topological polar surface area (TPSA) is 122 Å². The number of aliphatic hydroxyl groups excluding tert-OH is 1. The maximum Gasteiger partial charge on any atom is 0.256 e. The van der Waals surface area contributed by atoms with Gasteiger partial charge in [-0.15, -0.1) is 0 Å². The summed E-state index contributed by atoms with van der Waals surface area (Å²) in [4.78, 5) is 16.5. The summed E-state index contributed by atoms with van der Waals surface area (Å²) < 4.78 is 19.9. The van der Waals surface area contributed by atoms with Crippen molar-refractivity contribution in [3.63, 3.8) is 0 Å². The monoisotopic (exact) mass is 451 g/mol. The van der Waals surface area contributed by atoms with E-state index < -0.39 is 17.6 Å². The minimum Gasteiger partial charge on any atom is -0.376 e. The minimum atomic E-state index is -0.699. The second kappa shape index (κ2) is 8.26. The summed E-state index contributed by atoms with van der Waals surface area (Å²) in [6, 6.07) is 13.7. The molecule has 5 rings (SSSR count). The van der Waals surface area contributed by atoms with Crippen molar-refractivity contribution in [2.75, 3.05) is 31.9 Å². The van der Waals surface area contributed by atoms with Crippen LogP contribution in [0.4, 0.5) is 10.3 Å². The number of hydrogen-bond acceptors (Lipinski definition) is 7. The van der Waals surface area contributed by atoms with E-state index in [0.717, 1.165) is 24.0 Å². The van der Waals surface area contributed by atoms with E-state index in [1.807, 2.05) is 29.2 Å². The number of nitrogens with zero attached hydrogens (tertiary/aromatic N) is 3. The number of nitrogens with two attached hydrogens (primary N) is 2. The zero-order valence-corrected chi connectivity index (χ0v) is 18.1. The smallest absolute Gasteiger partial charge is 0.256 e. The Kier molecular flexibility index (Phi) is 5.40. The number of piperazine rings is 1. The van der Waals surface area contributed by atoms with E-state index in [1.165, 1.54) is 12.1 Å². The molecule has 1 amide bonds. The highest BCUT2D eigenvalue weighted by molar-refractivity contribution is 5.95. The number of aromatic nitrogens is 1. The van der Waals surface area contributed by atoms with E-state index in [0.29, 0.717) is 37.4 Å². The van der Waals surface area contributed by atoms with Gasteiger partial charge in [-0.3, -0.25) is 9.69 Å². The minimum absolute atomic E-state index is 0.0330. The van der Waals surface area contributed by atoms with Crippen LogP contribution in [0, 0.1) is 5.82 Å². The Morgan fingerprint density at radius 2 is 1.76 bits per heavy atom. The Morgan fingerprint density at radius 3 is 2.39 bits per heavy atom. The van der Waals surface area contributed by atoms with Crippen molar-refractivity contribution in [3.05, 3.63) is 59.9 Å². The largest absolute Gasteiger partial charge is 0.376 e. The average Bonchev–Trinajstić information content (AvgIpc) is 3.44. The molecule has 1 atom stereocenters. The Hall–Kier alpha value is -3.27. The lowest BCUT2D eigenvalue weighted by atomic mass is 10.00. The Balaban J connectivity index is 1.29. The molecule has 3 aromatic rings. The van der Waals surface area contributed by atoms with E-state index in [4.69, 9.17) is 16.0 Å². The molecular weight excluding hydrogens is 425 g/mol. The quantitative estimate of drug-likeness (QED) is 0.544. The van der Waals surface area contributed by atoms with Gasteiger partial charge in [0.25, 0.3) is 5.91 Å². The maximum atomic E-state index is 15.0. The Morgan fingerprint density at radius 1 is 1.06 bits per heavy atom. The van der Waals surface area contributed by atoms with E-state index in [9.17, 15) is 14.3 Å². The number of benzene rings is 2. The number of halogens is 1. The third kappa shape index (κ3) is 4.22. The molecule has 9 heteroatoms. The predicted octanol–water partition coefficient (Wildman–Crippen LogP) is 2.30. The summed E-state index contributed by atoms with van der Waals surface area (Å²) in [6.07, 6.45) is 0.913. The van der Waals surface area contributed by atoms with Gasteiger partial charge in [0, 0.05) is 37.8 Å². The normalized spacial score (nSPS) is 18.8. The van der Waals surface area contributed by atoms with Crippen molar-refractivity contribution < 1.29 is 18.8 Å². The summed E-state index contributed by atoms with van der Waals surface area (Å²) in [5.74, 6) is -0.710. The molecule has 2 heterocycles. The first-order valence-corrected chi connectivity index (χ1v) is 11.0. The SMILES string of the molecule is Nc1cc(-c2cccc(-c3ccc(C(=O)N4CCN(C(O)C5(N)CC5)CC4)c(F)c3)c2)no1. The highest BCUT2D eigenvalue weighted by Gasteiger charge is 2.48. The molecule has 1 aliphatic carbocycles. The van der Waals surface area contributed by atoms with Crippen LogP contribution in [0.2, 0.25) is 0 Å². The van der Waals surface area contributed by atoms with Gasteiger partial charge in [0.2, 0.25) is 5.88 Å². The lowest BCUT2D eigenvalue weighted by molar-refractivity contribution is -0.0433. The van der Waals surface area contributed by atoms with Gasteiger partial charge < -0.3 is 26.0 Å². The molecule has 1 saturated heterocycles. The summed E-state index contributed by atoms with van der Waals surface area (Å²) in [7, 11) is 0. The van der Waals surface area contributed by atoms with Crippen LogP contribution in [0.1, 0.15) is 23.2 Å². The number of nitrogen functional groups attached to an aromatic ring is 1. The molecule has 1 aromatic heterocycles. The first kappa shape index (κ1) is 21.6. The fourth-order valence-electron chi connectivity index (χ4n) is 4.26. The molecule has 2 aliphatic rings. The van der Waals surface area contributed by atoms with Crippen molar-refractivity contribution in [3.8, 4) is 22.4 Å². The number of rotatable bonds is 5. The average molecular weight is 452 g/mol. The number of aliphatic hydroxyl groups is 1. The van der Waals surface area contributed by atoms with E-state index >= 15 is 0 Å². The molecule has 33 heavy (non-hydrogen) atoms. The third-order valence-corrected chi connectivity index (χ3v) is 6.51. The second-order valence-electron chi connectivity index (χ2n) is 8.82. The number of carbonyl (C=O) groups is 1. The zero-order chi connectivity index (χ0) is 23.2. The molecule has 1 unspecified atom stereocenters. The summed E-state index contributed by atoms with van der Waals surface area (Å²) in [6.45, 7) is 1.84. The van der Waals surface area contributed by atoms with Crippen molar-refractivity contribution in [1.82, 2.24) is 15.0 Å². The van der Waals surface area contributed by atoms with Gasteiger partial charge in [-0.1, -0.05) is 29.4 Å². The van der Waals surface area contributed by atoms with Crippen molar-refractivity contribution in [2.45, 2.75) is 24.6 Å². The van der Waals surface area contributed by atoms with Gasteiger partial charge in [0.1, 0.15) is 17.7 Å². The van der Waals surface area contributed by atoms with Gasteiger partial charge >= 0.3 is 0 Å². The van der Waals surface area contributed by atoms with Crippen molar-refractivity contribution in [2.24, 2.45) is 5.73 Å². The lowest BCUT2D eigenvalue weighted by Crippen LogP contribution is -2.57. The van der Waals surface area contributed by atoms with Crippen LogP contribution in [0.5, 0.6) is 0 Å². The summed E-state index contributed by atoms with van der Waals surface area (Å²) in [5, 5.41) is 14.3. The second-order valence-corrected chi connectivity index (χ2v) is 8.82. The fourth-order valence-corrected chi connectivity index (χ4v) is 4.26. The molecule has 1 saturated carbocycles. The molecule has 8 nitrogen and oxygen atoms in total. The van der Waals surface area contributed by atoms with Gasteiger partial charge in [-0.05, 0) is 42.2 Å². The maximum absolute atomic E-state index is 15.0. The van der Waals surface area contributed by atoms with Crippen molar-refractivity contribution in [1.29, 1.82) is 0 Å². The van der Waals surface area contributed by atoms with Crippen LogP contribution in [0.15, 0.2) is 53.1 Å². The molecule has 172 valence electrons. The number of carbonyl (C=O) groups excluding carboxylic acids is 1. The molecular formula is C24H26FN5O3. The number of anilines is 1. The first-order chi connectivity index (χ1) is 15.8. The van der Waals surface area contributed by atoms with E-state index in [2.05, 4.69) is 5.16 Å². The summed E-state index contributed by atoms with van der Waals surface area (Å²) in [5.41, 5.74) is 14.0. The van der Waals surface area contributed by atoms with Crippen LogP contribution in [0.25, 0.3) is 22.4 Å². The standard InChI is InChI=1S/C24H26FN5O3/c25-19-13-16(15-2-1-3-17(12-15)20-14-21(26)33-28-20)4-5-18(19)22(31)29-8-10-30(11-9-29)23(32)24(27)6-7-24/h1-5,12-14,23,32H,6-11,26-27H2. The number of amides is 1. The lowest BCUT2D eigenvalue weighted by Gasteiger charge is -2.39. The molecule has 0 bridgehead atoms. The molecule has 1 aliphatic heterocycles. The zero-order valence-electron chi connectivity index (χ0n) is 18.1. The highest BCUT2D eigenvalue weighted by Crippen LogP contribution is 2.37.